The molecule has 2 aromatic heterocycles. The molecule has 2 heterocycles. The third-order valence-corrected chi connectivity index (χ3v) is 5.13. The summed E-state index contributed by atoms with van der Waals surface area (Å²) < 4.78 is 10.2. The molecule has 0 atom stereocenters. The number of hydrogen-bond donors (Lipinski definition) is 1. The van der Waals surface area contributed by atoms with Gasteiger partial charge < -0.3 is 14.6 Å². The fraction of sp³-hybridized carbons (Fsp3) is 0.235. The summed E-state index contributed by atoms with van der Waals surface area (Å²) in [5.74, 6) is 0.500. The van der Waals surface area contributed by atoms with E-state index in [0.29, 0.717) is 34.9 Å². The lowest BCUT2D eigenvalue weighted by Crippen LogP contribution is -2.24. The van der Waals surface area contributed by atoms with Crippen LogP contribution in [0.1, 0.15) is 12.5 Å². The number of thiophene rings is 1. The van der Waals surface area contributed by atoms with E-state index < -0.39 is 0 Å². The molecule has 26 heavy (non-hydrogen) atoms. The molecule has 6 nitrogen and oxygen atoms in total. The Balaban J connectivity index is 1.74. The maximum atomic E-state index is 11.4. The first kappa shape index (κ1) is 18.8. The zero-order chi connectivity index (χ0) is 18.5. The number of hydrogen-bond acceptors (Lipinski definition) is 7. The minimum atomic E-state index is -0.310. The van der Waals surface area contributed by atoms with E-state index in [1.807, 2.05) is 17.5 Å². The SMILES string of the molecule is CCOC(=O)CNCc1cc(-c2noc(-c3sccc3Cl)n2)ccc1Cl. The highest BCUT2D eigenvalue weighted by Crippen LogP contribution is 2.33. The number of carbonyl (C=O) groups is 1. The molecule has 1 N–H and O–H groups in total. The van der Waals surface area contributed by atoms with Crippen LogP contribution in [0.3, 0.4) is 0 Å². The van der Waals surface area contributed by atoms with E-state index in [0.717, 1.165) is 16.0 Å². The first-order valence-corrected chi connectivity index (χ1v) is 9.44. The second-order valence-electron chi connectivity index (χ2n) is 5.24. The topological polar surface area (TPSA) is 77.2 Å². The monoisotopic (exact) mass is 411 g/mol. The van der Waals surface area contributed by atoms with Crippen LogP contribution in [0.25, 0.3) is 22.2 Å². The van der Waals surface area contributed by atoms with Gasteiger partial charge in [0.15, 0.2) is 0 Å². The second-order valence-corrected chi connectivity index (χ2v) is 6.97. The van der Waals surface area contributed by atoms with Crippen molar-refractivity contribution in [1.82, 2.24) is 15.5 Å². The summed E-state index contributed by atoms with van der Waals surface area (Å²) in [4.78, 5) is 16.5. The van der Waals surface area contributed by atoms with Crippen LogP contribution in [-0.2, 0) is 16.1 Å². The maximum Gasteiger partial charge on any atom is 0.319 e. The molecule has 0 aliphatic heterocycles. The number of nitrogens with one attached hydrogen (secondary N) is 1. The summed E-state index contributed by atoms with van der Waals surface area (Å²) in [6, 6.07) is 7.19. The minimum absolute atomic E-state index is 0.109. The summed E-state index contributed by atoms with van der Waals surface area (Å²) in [6.07, 6.45) is 0. The molecule has 0 spiro atoms. The van der Waals surface area contributed by atoms with Gasteiger partial charge in [0.25, 0.3) is 5.89 Å². The molecule has 0 bridgehead atoms. The van der Waals surface area contributed by atoms with Crippen molar-refractivity contribution in [3.8, 4) is 22.2 Å². The van der Waals surface area contributed by atoms with Crippen molar-refractivity contribution in [2.24, 2.45) is 0 Å². The first-order valence-electron chi connectivity index (χ1n) is 7.80. The minimum Gasteiger partial charge on any atom is -0.465 e. The van der Waals surface area contributed by atoms with Gasteiger partial charge in [-0.3, -0.25) is 4.79 Å². The largest absolute Gasteiger partial charge is 0.465 e. The summed E-state index contributed by atoms with van der Waals surface area (Å²) in [5, 5.41) is 10.0. The van der Waals surface area contributed by atoms with Gasteiger partial charge in [0.1, 0.15) is 4.88 Å². The molecule has 9 heteroatoms. The van der Waals surface area contributed by atoms with Gasteiger partial charge in [0.05, 0.1) is 18.2 Å². The average Bonchev–Trinajstić information content (AvgIpc) is 3.25. The molecule has 0 unspecified atom stereocenters. The second kappa shape index (κ2) is 8.64. The van der Waals surface area contributed by atoms with Crippen molar-refractivity contribution < 1.29 is 14.1 Å². The summed E-state index contributed by atoms with van der Waals surface area (Å²) in [5.41, 5.74) is 1.57. The van der Waals surface area contributed by atoms with E-state index >= 15 is 0 Å². The van der Waals surface area contributed by atoms with Crippen molar-refractivity contribution in [1.29, 1.82) is 0 Å². The zero-order valence-corrected chi connectivity index (χ0v) is 16.1. The molecule has 0 aliphatic carbocycles. The highest BCUT2D eigenvalue weighted by molar-refractivity contribution is 7.14. The van der Waals surface area contributed by atoms with Gasteiger partial charge in [-0.25, -0.2) is 0 Å². The molecule has 0 fully saturated rings. The lowest BCUT2D eigenvalue weighted by molar-refractivity contribution is -0.142. The quantitative estimate of drug-likeness (QED) is 0.579. The fourth-order valence-corrected chi connectivity index (χ4v) is 3.48. The van der Waals surface area contributed by atoms with Crippen LogP contribution in [0.2, 0.25) is 10.0 Å². The lowest BCUT2D eigenvalue weighted by Gasteiger charge is -2.07. The normalized spacial score (nSPS) is 10.9. The number of ether oxygens (including phenoxy) is 1. The molecule has 1 aromatic carbocycles. The predicted molar refractivity (Wildman–Crippen MR) is 101 cm³/mol. The van der Waals surface area contributed by atoms with Crippen molar-refractivity contribution in [3.05, 3.63) is 45.3 Å². The summed E-state index contributed by atoms with van der Waals surface area (Å²) in [7, 11) is 0. The van der Waals surface area contributed by atoms with Gasteiger partial charge in [-0.1, -0.05) is 28.4 Å². The van der Waals surface area contributed by atoms with Crippen LogP contribution in [0.4, 0.5) is 0 Å². The molecule has 136 valence electrons. The van der Waals surface area contributed by atoms with E-state index in [9.17, 15) is 4.79 Å². The highest BCUT2D eigenvalue weighted by atomic mass is 35.5. The summed E-state index contributed by atoms with van der Waals surface area (Å²) in [6.45, 7) is 2.64. The Morgan fingerprint density at radius 1 is 1.31 bits per heavy atom. The molecule has 0 amide bonds. The third-order valence-electron chi connectivity index (χ3n) is 3.43. The predicted octanol–water partition coefficient (Wildman–Crippen LogP) is 4.42. The van der Waals surface area contributed by atoms with Crippen LogP contribution < -0.4 is 5.32 Å². The molecular formula is C17H15Cl2N3O3S. The van der Waals surface area contributed by atoms with Gasteiger partial charge >= 0.3 is 5.97 Å². The van der Waals surface area contributed by atoms with E-state index in [1.165, 1.54) is 11.3 Å². The zero-order valence-electron chi connectivity index (χ0n) is 13.8. The van der Waals surface area contributed by atoms with Gasteiger partial charge in [-0.2, -0.15) is 4.98 Å². The molecule has 0 saturated carbocycles. The molecule has 3 rings (SSSR count). The van der Waals surface area contributed by atoms with E-state index in [1.54, 1.807) is 19.1 Å². The van der Waals surface area contributed by atoms with Crippen molar-refractivity contribution in [3.63, 3.8) is 0 Å². The van der Waals surface area contributed by atoms with Crippen molar-refractivity contribution in [2.45, 2.75) is 13.5 Å². The smallest absolute Gasteiger partial charge is 0.319 e. The Morgan fingerprint density at radius 3 is 2.88 bits per heavy atom. The van der Waals surface area contributed by atoms with Crippen LogP contribution in [0.5, 0.6) is 0 Å². The van der Waals surface area contributed by atoms with Crippen LogP contribution >= 0.6 is 34.5 Å². The van der Waals surface area contributed by atoms with Gasteiger partial charge in [0.2, 0.25) is 5.82 Å². The number of esters is 1. The maximum absolute atomic E-state index is 11.4. The number of rotatable bonds is 7. The first-order chi connectivity index (χ1) is 12.6. The van der Waals surface area contributed by atoms with Crippen LogP contribution in [-0.4, -0.2) is 29.3 Å². The van der Waals surface area contributed by atoms with Gasteiger partial charge in [0, 0.05) is 17.1 Å². The molecule has 0 saturated heterocycles. The van der Waals surface area contributed by atoms with E-state index in [-0.39, 0.29) is 12.5 Å². The van der Waals surface area contributed by atoms with Crippen molar-refractivity contribution in [2.75, 3.05) is 13.2 Å². The molecule has 0 aliphatic rings. The van der Waals surface area contributed by atoms with Gasteiger partial charge in [-0.15, -0.1) is 11.3 Å². The number of benzene rings is 1. The van der Waals surface area contributed by atoms with Gasteiger partial charge in [-0.05, 0) is 42.1 Å². The Hall–Kier alpha value is -1.93. The van der Waals surface area contributed by atoms with E-state index in [4.69, 9.17) is 32.5 Å². The summed E-state index contributed by atoms with van der Waals surface area (Å²) >= 11 is 13.8. The standard InChI is InChI=1S/C17H15Cl2N3O3S/c1-2-24-14(23)9-20-8-11-7-10(3-4-12(11)18)16-21-17(25-22-16)15-13(19)5-6-26-15/h3-7,20H,2,8-9H2,1H3. The van der Waals surface area contributed by atoms with Crippen molar-refractivity contribution >= 4 is 40.5 Å². The van der Waals surface area contributed by atoms with Crippen LogP contribution in [0.15, 0.2) is 34.2 Å². The Bertz CT molecular complexity index is 910. The molecule has 0 radical (unpaired) electrons. The molecular weight excluding hydrogens is 397 g/mol. The third kappa shape index (κ3) is 4.42. The molecule has 3 aromatic rings. The number of aromatic nitrogens is 2. The average molecular weight is 412 g/mol. The fourth-order valence-electron chi connectivity index (χ4n) is 2.24. The Morgan fingerprint density at radius 2 is 2.15 bits per heavy atom. The number of nitrogens with zero attached hydrogens (tertiary/aromatic N) is 2. The van der Waals surface area contributed by atoms with E-state index in [2.05, 4.69) is 15.5 Å². The number of halogens is 2. The number of carbonyl (C=O) groups excluding carboxylic acids is 1. The Kier molecular flexibility index (Phi) is 6.26. The lowest BCUT2D eigenvalue weighted by atomic mass is 10.1. The van der Waals surface area contributed by atoms with Crippen LogP contribution in [0, 0.1) is 0 Å². The Labute approximate surface area is 164 Å². The highest BCUT2D eigenvalue weighted by Gasteiger charge is 2.15.